The number of aromatic nitrogens is 1. The highest BCUT2D eigenvalue weighted by molar-refractivity contribution is 7.15. The minimum Gasteiger partial charge on any atom is -0.310 e. The average molecular weight is 488 g/mol. The minimum atomic E-state index is -0.193. The molecule has 172 valence electrons. The van der Waals surface area contributed by atoms with E-state index in [0.29, 0.717) is 11.6 Å². The Balaban J connectivity index is 1.50. The van der Waals surface area contributed by atoms with E-state index in [2.05, 4.69) is 59.4 Å². The lowest BCUT2D eigenvalue weighted by Crippen LogP contribution is -2.38. The van der Waals surface area contributed by atoms with Gasteiger partial charge in [0, 0.05) is 27.3 Å². The Labute approximate surface area is 208 Å². The van der Waals surface area contributed by atoms with Crippen molar-refractivity contribution >= 4 is 34.7 Å². The van der Waals surface area contributed by atoms with Crippen LogP contribution in [-0.2, 0) is 19.4 Å². The Morgan fingerprint density at radius 2 is 1.85 bits per heavy atom. The fourth-order valence-corrected chi connectivity index (χ4v) is 6.84. The third kappa shape index (κ3) is 3.73. The minimum absolute atomic E-state index is 0.106. The molecule has 2 aromatic heterocycles. The maximum atomic E-state index is 13.9. The van der Waals surface area contributed by atoms with Crippen LogP contribution in [0.4, 0.5) is 10.5 Å². The number of aryl methyl sites for hydroxylation is 2. The number of benzene rings is 2. The number of urea groups is 1. The summed E-state index contributed by atoms with van der Waals surface area (Å²) in [5.74, 6) is 0. The molecule has 4 nitrogen and oxygen atoms in total. The largest absolute Gasteiger partial charge is 0.322 e. The molecule has 0 saturated heterocycles. The maximum absolute atomic E-state index is 13.9. The van der Waals surface area contributed by atoms with Crippen molar-refractivity contribution in [2.75, 3.05) is 5.32 Å². The van der Waals surface area contributed by atoms with Crippen molar-refractivity contribution in [1.29, 1.82) is 0 Å². The van der Waals surface area contributed by atoms with Gasteiger partial charge in [0.25, 0.3) is 0 Å². The van der Waals surface area contributed by atoms with Crippen molar-refractivity contribution in [2.24, 2.45) is 0 Å². The smallest absolute Gasteiger partial charge is 0.310 e. The summed E-state index contributed by atoms with van der Waals surface area (Å²) < 4.78 is 2.32. The predicted octanol–water partition coefficient (Wildman–Crippen LogP) is 7.52. The van der Waals surface area contributed by atoms with E-state index in [-0.39, 0.29) is 12.1 Å². The van der Waals surface area contributed by atoms with E-state index < -0.39 is 0 Å². The molecule has 6 heteroatoms. The predicted molar refractivity (Wildman–Crippen MR) is 139 cm³/mol. The number of halogens is 1. The Hall–Kier alpha value is -3.02. The second-order valence-electron chi connectivity index (χ2n) is 9.18. The quantitative estimate of drug-likeness (QED) is 0.312. The van der Waals surface area contributed by atoms with Gasteiger partial charge >= 0.3 is 6.03 Å². The molecule has 2 aliphatic rings. The van der Waals surface area contributed by atoms with Gasteiger partial charge in [-0.3, -0.25) is 0 Å². The van der Waals surface area contributed by atoms with E-state index >= 15 is 0 Å². The monoisotopic (exact) mass is 487 g/mol. The highest BCUT2D eigenvalue weighted by Crippen LogP contribution is 2.44. The van der Waals surface area contributed by atoms with Gasteiger partial charge in [0.15, 0.2) is 0 Å². The van der Waals surface area contributed by atoms with Crippen LogP contribution in [0.1, 0.15) is 51.7 Å². The second kappa shape index (κ2) is 8.64. The van der Waals surface area contributed by atoms with Gasteiger partial charge < -0.3 is 14.8 Å². The molecule has 2 aromatic carbocycles. The second-order valence-corrected chi connectivity index (χ2v) is 10.7. The molecule has 0 radical (unpaired) electrons. The molecule has 0 fully saturated rings. The molecule has 34 heavy (non-hydrogen) atoms. The number of nitrogens with zero attached hydrogens (tertiary/aromatic N) is 2. The number of hydrogen-bond donors (Lipinski definition) is 1. The van der Waals surface area contributed by atoms with E-state index in [9.17, 15) is 4.79 Å². The first-order chi connectivity index (χ1) is 16.6. The number of anilines is 1. The molecule has 1 aliphatic heterocycles. The molecule has 1 N–H and O–H groups in total. The number of fused-ring (bicyclic) bond motifs is 5. The summed E-state index contributed by atoms with van der Waals surface area (Å²) in [6.45, 7) is 2.69. The summed E-state index contributed by atoms with van der Waals surface area (Å²) in [7, 11) is 0. The highest BCUT2D eigenvalue weighted by Gasteiger charge is 2.36. The number of hydrogen-bond acceptors (Lipinski definition) is 2. The van der Waals surface area contributed by atoms with Crippen LogP contribution >= 0.6 is 22.9 Å². The van der Waals surface area contributed by atoms with Crippen molar-refractivity contribution < 1.29 is 4.79 Å². The van der Waals surface area contributed by atoms with Gasteiger partial charge in [0.1, 0.15) is 5.00 Å². The average Bonchev–Trinajstić information content (AvgIpc) is 3.42. The normalized spacial score (nSPS) is 16.9. The fourth-order valence-electron chi connectivity index (χ4n) is 5.31. The fraction of sp³-hybridized carbons (Fsp3) is 0.250. The Morgan fingerprint density at radius 3 is 2.68 bits per heavy atom. The third-order valence-corrected chi connectivity index (χ3v) is 8.48. The van der Waals surface area contributed by atoms with Crippen LogP contribution in [0, 0.1) is 6.92 Å². The SMILES string of the molecule is Cc1cccc(C2c3cccn3-c3sc4c(c3CN2C(=O)Nc2ccc(Cl)cc2)CCCC4)c1. The zero-order valence-electron chi connectivity index (χ0n) is 19.1. The lowest BCUT2D eigenvalue weighted by Gasteiger charge is -2.31. The Bertz CT molecular complexity index is 1370. The molecular formula is C28H26ClN3OS. The Morgan fingerprint density at radius 1 is 1.03 bits per heavy atom. The zero-order chi connectivity index (χ0) is 23.2. The molecule has 0 spiro atoms. The number of carbonyl (C=O) groups excluding carboxylic acids is 1. The standard InChI is InChI=1S/C28H26ClN3OS/c1-18-6-4-7-19(16-18)26-24-9-5-15-31(24)27-23(22-8-2-3-10-25(22)34-27)17-32(26)28(33)30-21-13-11-20(29)12-14-21/h4-7,9,11-16,26H,2-3,8,10,17H2,1H3,(H,30,33). The van der Waals surface area contributed by atoms with Gasteiger partial charge in [-0.15, -0.1) is 11.3 Å². The van der Waals surface area contributed by atoms with Gasteiger partial charge in [-0.05, 0) is 80.1 Å². The van der Waals surface area contributed by atoms with Gasteiger partial charge in [-0.2, -0.15) is 0 Å². The van der Waals surface area contributed by atoms with Crippen molar-refractivity contribution in [2.45, 2.75) is 45.2 Å². The number of rotatable bonds is 2. The maximum Gasteiger partial charge on any atom is 0.322 e. The summed E-state index contributed by atoms with van der Waals surface area (Å²) in [5, 5.41) is 5.05. The molecule has 0 saturated carbocycles. The molecular weight excluding hydrogens is 462 g/mol. The Kier molecular flexibility index (Phi) is 5.47. The first-order valence-electron chi connectivity index (χ1n) is 11.8. The van der Waals surface area contributed by atoms with Crippen LogP contribution in [0.3, 0.4) is 0 Å². The van der Waals surface area contributed by atoms with Crippen LogP contribution in [-0.4, -0.2) is 15.5 Å². The molecule has 1 aliphatic carbocycles. The lowest BCUT2D eigenvalue weighted by molar-refractivity contribution is 0.194. The first-order valence-corrected chi connectivity index (χ1v) is 13.0. The molecule has 1 unspecified atom stereocenters. The van der Waals surface area contributed by atoms with Crippen LogP contribution in [0.25, 0.3) is 5.00 Å². The van der Waals surface area contributed by atoms with Gasteiger partial charge in [-0.25, -0.2) is 4.79 Å². The molecule has 0 bridgehead atoms. The van der Waals surface area contributed by atoms with E-state index in [0.717, 1.165) is 29.8 Å². The van der Waals surface area contributed by atoms with Crippen LogP contribution in [0.2, 0.25) is 5.02 Å². The summed E-state index contributed by atoms with van der Waals surface area (Å²) in [4.78, 5) is 17.4. The number of amides is 2. The highest BCUT2D eigenvalue weighted by atomic mass is 35.5. The van der Waals surface area contributed by atoms with Crippen molar-refractivity contribution in [3.8, 4) is 5.00 Å². The summed E-state index contributed by atoms with van der Waals surface area (Å²) in [6.07, 6.45) is 6.85. The number of carbonyl (C=O) groups is 1. The van der Waals surface area contributed by atoms with Crippen molar-refractivity contribution in [1.82, 2.24) is 9.47 Å². The van der Waals surface area contributed by atoms with Gasteiger partial charge in [0.2, 0.25) is 0 Å². The summed E-state index contributed by atoms with van der Waals surface area (Å²) in [6, 6.07) is 19.8. The lowest BCUT2D eigenvalue weighted by atomic mass is 9.95. The van der Waals surface area contributed by atoms with Crippen LogP contribution in [0.15, 0.2) is 66.9 Å². The van der Waals surface area contributed by atoms with E-state index in [1.54, 1.807) is 12.1 Å². The molecule has 2 amide bonds. The molecule has 6 rings (SSSR count). The third-order valence-electron chi connectivity index (χ3n) is 6.89. The number of thiophene rings is 1. The zero-order valence-corrected chi connectivity index (χ0v) is 20.6. The molecule has 4 aromatic rings. The van der Waals surface area contributed by atoms with Gasteiger partial charge in [0.05, 0.1) is 18.3 Å². The topological polar surface area (TPSA) is 37.3 Å². The molecule has 3 heterocycles. The van der Waals surface area contributed by atoms with Gasteiger partial charge in [-0.1, -0.05) is 41.4 Å². The van der Waals surface area contributed by atoms with Crippen molar-refractivity contribution in [3.63, 3.8) is 0 Å². The van der Waals surface area contributed by atoms with E-state index in [4.69, 9.17) is 11.6 Å². The van der Waals surface area contributed by atoms with E-state index in [1.165, 1.54) is 39.4 Å². The van der Waals surface area contributed by atoms with Crippen molar-refractivity contribution in [3.05, 3.63) is 105 Å². The summed E-state index contributed by atoms with van der Waals surface area (Å²) in [5.41, 5.74) is 6.93. The van der Waals surface area contributed by atoms with Crippen LogP contribution in [0.5, 0.6) is 0 Å². The first kappa shape index (κ1) is 21.5. The number of nitrogens with one attached hydrogen (secondary N) is 1. The molecule has 1 atom stereocenters. The van der Waals surface area contributed by atoms with Crippen LogP contribution < -0.4 is 5.32 Å². The van der Waals surface area contributed by atoms with E-state index in [1.807, 2.05) is 28.4 Å². The summed E-state index contributed by atoms with van der Waals surface area (Å²) >= 11 is 7.97.